The first kappa shape index (κ1) is 41.7. The predicted octanol–water partition coefficient (Wildman–Crippen LogP) is 6.82. The maximum Gasteiger partial charge on any atom is 0.472 e. The lowest BCUT2D eigenvalue weighted by Gasteiger charge is -2.20. The van der Waals surface area contributed by atoms with Gasteiger partial charge in [-0.2, -0.15) is 0 Å². The molecule has 0 radical (unpaired) electrons. The monoisotopic (exact) mass is 642 g/mol. The molecular formula is C33H55O10P. The van der Waals surface area contributed by atoms with E-state index in [9.17, 15) is 29.3 Å². The number of allylic oxidation sites excluding steroid dienone is 10. The van der Waals surface area contributed by atoms with Crippen molar-refractivity contribution in [2.75, 3.05) is 26.4 Å². The van der Waals surface area contributed by atoms with E-state index in [4.69, 9.17) is 18.5 Å². The summed E-state index contributed by atoms with van der Waals surface area (Å²) in [7, 11) is -4.61. The van der Waals surface area contributed by atoms with E-state index in [-0.39, 0.29) is 12.8 Å². The highest BCUT2D eigenvalue weighted by atomic mass is 31.2. The molecule has 0 bridgehead atoms. The summed E-state index contributed by atoms with van der Waals surface area (Å²) in [5, 5.41) is 18.8. The summed E-state index contributed by atoms with van der Waals surface area (Å²) in [5.74, 6) is -1.10. The van der Waals surface area contributed by atoms with Gasteiger partial charge in [-0.25, -0.2) is 4.57 Å². The summed E-state index contributed by atoms with van der Waals surface area (Å²) >= 11 is 0. The second-order valence-electron chi connectivity index (χ2n) is 10.1. The van der Waals surface area contributed by atoms with Crippen molar-refractivity contribution in [1.82, 2.24) is 0 Å². The maximum atomic E-state index is 12.1. The number of carbonyl (C=O) groups excluding carboxylic acids is 2. The minimum atomic E-state index is -4.61. The van der Waals surface area contributed by atoms with Gasteiger partial charge in [0.15, 0.2) is 0 Å². The Balaban J connectivity index is 4.01. The molecule has 0 saturated carbocycles. The molecule has 0 heterocycles. The maximum absolute atomic E-state index is 12.1. The molecule has 0 aliphatic carbocycles. The summed E-state index contributed by atoms with van der Waals surface area (Å²) in [6, 6.07) is 0. The number of rotatable bonds is 28. The fraction of sp³-hybridized carbons (Fsp3) is 0.636. The number of aliphatic hydroxyl groups is 2. The second kappa shape index (κ2) is 29.4. The predicted molar refractivity (Wildman–Crippen MR) is 173 cm³/mol. The molecule has 44 heavy (non-hydrogen) atoms. The van der Waals surface area contributed by atoms with Crippen molar-refractivity contribution in [3.8, 4) is 0 Å². The molecule has 0 aliphatic heterocycles. The Bertz CT molecular complexity index is 926. The molecular weight excluding hydrogens is 587 g/mol. The van der Waals surface area contributed by atoms with Crippen molar-refractivity contribution in [1.29, 1.82) is 0 Å². The third-order valence-corrected chi connectivity index (χ3v) is 6.95. The average Bonchev–Trinajstić information content (AvgIpc) is 3.01. The summed E-state index contributed by atoms with van der Waals surface area (Å²) < 4.78 is 31.8. The number of unbranched alkanes of at least 4 members (excludes halogenated alkanes) is 4. The Kier molecular flexibility index (Phi) is 27.8. The molecule has 252 valence electrons. The van der Waals surface area contributed by atoms with Gasteiger partial charge in [-0.1, -0.05) is 87.4 Å². The largest absolute Gasteiger partial charge is 0.472 e. The van der Waals surface area contributed by atoms with Crippen LogP contribution < -0.4 is 0 Å². The summed E-state index contributed by atoms with van der Waals surface area (Å²) in [5.41, 5.74) is 0. The van der Waals surface area contributed by atoms with Crippen LogP contribution in [0.3, 0.4) is 0 Å². The molecule has 0 rings (SSSR count). The smallest absolute Gasteiger partial charge is 0.457 e. The van der Waals surface area contributed by atoms with Gasteiger partial charge >= 0.3 is 19.8 Å². The van der Waals surface area contributed by atoms with E-state index >= 15 is 0 Å². The molecule has 0 aromatic heterocycles. The SMILES string of the molecule is CC/C=C\C/C=C\C/C=C\C/C=C\C/C=C\CCCCCC(=O)OC(CO)COP(=O)(O)OCC(CO)OC(=O)CCCC. The number of phosphoric ester groups is 1. The molecule has 0 amide bonds. The summed E-state index contributed by atoms with van der Waals surface area (Å²) in [6.07, 6.45) is 29.2. The van der Waals surface area contributed by atoms with Crippen LogP contribution in [0.15, 0.2) is 60.8 Å². The number of hydrogen-bond acceptors (Lipinski definition) is 9. The van der Waals surface area contributed by atoms with Crippen LogP contribution in [-0.2, 0) is 32.7 Å². The molecule has 10 nitrogen and oxygen atoms in total. The molecule has 0 aliphatic rings. The Hall–Kier alpha value is -2.33. The first-order valence-corrected chi connectivity index (χ1v) is 17.2. The number of ether oxygens (including phenoxy) is 2. The molecule has 0 aromatic rings. The van der Waals surface area contributed by atoms with Gasteiger partial charge in [0.05, 0.1) is 26.4 Å². The standard InChI is InChI=1S/C33H55O10P/c1-3-5-7-8-9-10-11-12-13-14-15-16-17-18-19-20-21-22-23-25-33(37)43-31(27-35)29-41-44(38,39)40-28-30(26-34)42-32(36)24-6-4-2/h5,7,9-10,12-13,15-16,18-19,30-31,34-35H,3-4,6,8,11,14,17,20-29H2,1-2H3,(H,38,39)/b7-5-,10-9-,13-12-,16-15-,19-18-. The van der Waals surface area contributed by atoms with Crippen LogP contribution in [-0.4, -0.2) is 65.7 Å². The molecule has 0 aromatic carbocycles. The van der Waals surface area contributed by atoms with Crippen molar-refractivity contribution in [2.45, 2.75) is 110 Å². The van der Waals surface area contributed by atoms with Crippen LogP contribution in [0.25, 0.3) is 0 Å². The van der Waals surface area contributed by atoms with Gasteiger partial charge in [0.2, 0.25) is 0 Å². The van der Waals surface area contributed by atoms with E-state index in [2.05, 4.69) is 67.7 Å². The van der Waals surface area contributed by atoms with Crippen molar-refractivity contribution in [3.05, 3.63) is 60.8 Å². The van der Waals surface area contributed by atoms with E-state index in [0.717, 1.165) is 57.8 Å². The third kappa shape index (κ3) is 27.2. The van der Waals surface area contributed by atoms with Gasteiger partial charge in [-0.3, -0.25) is 18.6 Å². The summed E-state index contributed by atoms with van der Waals surface area (Å²) in [4.78, 5) is 33.6. The second-order valence-corrected chi connectivity index (χ2v) is 11.5. The first-order chi connectivity index (χ1) is 21.3. The van der Waals surface area contributed by atoms with E-state index in [1.807, 2.05) is 6.92 Å². The highest BCUT2D eigenvalue weighted by Crippen LogP contribution is 2.43. The molecule has 11 heteroatoms. The molecule has 0 saturated heterocycles. The van der Waals surface area contributed by atoms with Gasteiger partial charge in [0.25, 0.3) is 0 Å². The van der Waals surface area contributed by atoms with Crippen LogP contribution in [0.1, 0.15) is 97.3 Å². The molecule has 0 spiro atoms. The van der Waals surface area contributed by atoms with Crippen LogP contribution in [0, 0.1) is 0 Å². The Morgan fingerprint density at radius 3 is 1.50 bits per heavy atom. The van der Waals surface area contributed by atoms with E-state index in [1.165, 1.54) is 0 Å². The fourth-order valence-electron chi connectivity index (χ4n) is 3.53. The molecule has 0 fully saturated rings. The van der Waals surface area contributed by atoms with Crippen molar-refractivity contribution >= 4 is 19.8 Å². The lowest BCUT2D eigenvalue weighted by molar-refractivity contribution is -0.153. The molecule has 3 unspecified atom stereocenters. The van der Waals surface area contributed by atoms with Crippen LogP contribution in [0.5, 0.6) is 0 Å². The first-order valence-electron chi connectivity index (χ1n) is 15.7. The zero-order valence-corrected chi connectivity index (χ0v) is 27.5. The van der Waals surface area contributed by atoms with Crippen molar-refractivity contribution < 1.29 is 47.8 Å². The van der Waals surface area contributed by atoms with Gasteiger partial charge in [0.1, 0.15) is 12.2 Å². The van der Waals surface area contributed by atoms with Crippen molar-refractivity contribution in [3.63, 3.8) is 0 Å². The third-order valence-electron chi connectivity index (χ3n) is 5.99. The lowest BCUT2D eigenvalue weighted by atomic mass is 10.1. The Morgan fingerprint density at radius 1 is 0.636 bits per heavy atom. The highest BCUT2D eigenvalue weighted by molar-refractivity contribution is 7.47. The zero-order chi connectivity index (χ0) is 32.7. The van der Waals surface area contributed by atoms with E-state index in [1.54, 1.807) is 0 Å². The lowest BCUT2D eigenvalue weighted by Crippen LogP contribution is -2.28. The number of carbonyl (C=O) groups is 2. The highest BCUT2D eigenvalue weighted by Gasteiger charge is 2.27. The molecule has 3 atom stereocenters. The van der Waals surface area contributed by atoms with Gasteiger partial charge < -0.3 is 24.6 Å². The van der Waals surface area contributed by atoms with Gasteiger partial charge in [-0.05, 0) is 57.8 Å². The number of phosphoric acid groups is 1. The fourth-order valence-corrected chi connectivity index (χ4v) is 4.31. The minimum Gasteiger partial charge on any atom is -0.457 e. The zero-order valence-electron chi connectivity index (χ0n) is 26.6. The van der Waals surface area contributed by atoms with Crippen LogP contribution in [0.4, 0.5) is 0 Å². The minimum absolute atomic E-state index is 0.150. The topological polar surface area (TPSA) is 149 Å². The van der Waals surface area contributed by atoms with Gasteiger partial charge in [0, 0.05) is 12.8 Å². The van der Waals surface area contributed by atoms with Crippen molar-refractivity contribution in [2.24, 2.45) is 0 Å². The van der Waals surface area contributed by atoms with Gasteiger partial charge in [-0.15, -0.1) is 0 Å². The number of hydrogen-bond donors (Lipinski definition) is 3. The van der Waals surface area contributed by atoms with E-state index < -0.39 is 58.4 Å². The van der Waals surface area contributed by atoms with Crippen LogP contribution >= 0.6 is 7.82 Å². The van der Waals surface area contributed by atoms with Crippen LogP contribution in [0.2, 0.25) is 0 Å². The average molecular weight is 643 g/mol. The number of aliphatic hydroxyl groups excluding tert-OH is 2. The quantitative estimate of drug-likeness (QED) is 0.0359. The Labute approximate surface area is 264 Å². The Morgan fingerprint density at radius 2 is 1.07 bits per heavy atom. The summed E-state index contributed by atoms with van der Waals surface area (Å²) in [6.45, 7) is 1.70. The molecule has 3 N–H and O–H groups in total. The normalized spacial score (nSPS) is 15.1. The van der Waals surface area contributed by atoms with E-state index in [0.29, 0.717) is 12.8 Å². The number of esters is 2.